The SMILES string of the molecule is CS(=O)(=O)NC(=O)c1cc(Cl)c(-n2nc(Cl)c3cc(OCc4ccccc4F)ccc32)cc1F. The monoisotopic (exact) mass is 525 g/mol. The second-order valence-corrected chi connectivity index (χ2v) is 9.76. The van der Waals surface area contributed by atoms with Gasteiger partial charge >= 0.3 is 0 Å². The predicted molar refractivity (Wildman–Crippen MR) is 124 cm³/mol. The summed E-state index contributed by atoms with van der Waals surface area (Å²) >= 11 is 12.5. The van der Waals surface area contributed by atoms with Crippen molar-refractivity contribution in [2.24, 2.45) is 0 Å². The van der Waals surface area contributed by atoms with Gasteiger partial charge in [0.15, 0.2) is 5.15 Å². The van der Waals surface area contributed by atoms with Crippen LogP contribution in [-0.2, 0) is 16.6 Å². The number of benzene rings is 3. The molecule has 0 spiro atoms. The van der Waals surface area contributed by atoms with Crippen molar-refractivity contribution in [3.8, 4) is 11.4 Å². The quantitative estimate of drug-likeness (QED) is 0.387. The molecule has 0 fully saturated rings. The number of carbonyl (C=O) groups is 1. The van der Waals surface area contributed by atoms with E-state index in [0.29, 0.717) is 22.2 Å². The van der Waals surface area contributed by atoms with Crippen molar-refractivity contribution in [2.75, 3.05) is 6.26 Å². The number of nitrogens with zero attached hydrogens (tertiary/aromatic N) is 2. The summed E-state index contributed by atoms with van der Waals surface area (Å²) < 4.78 is 59.7. The smallest absolute Gasteiger partial charge is 0.267 e. The molecule has 34 heavy (non-hydrogen) atoms. The van der Waals surface area contributed by atoms with E-state index in [-0.39, 0.29) is 28.3 Å². The molecule has 1 N–H and O–H groups in total. The standard InChI is InChI=1S/C22H15Cl2F2N3O4S/c1-34(31,32)28-22(30)14-9-16(23)20(10-18(14)26)29-19-7-6-13(8-15(19)21(24)27-29)33-11-12-4-2-3-5-17(12)25/h2-10H,11H2,1H3,(H,28,30). The van der Waals surface area contributed by atoms with Crippen LogP contribution in [0.15, 0.2) is 54.6 Å². The van der Waals surface area contributed by atoms with Crippen LogP contribution in [0.3, 0.4) is 0 Å². The maximum absolute atomic E-state index is 14.7. The fourth-order valence-corrected chi connectivity index (χ4v) is 4.12. The van der Waals surface area contributed by atoms with E-state index in [1.807, 2.05) is 0 Å². The Balaban J connectivity index is 1.67. The summed E-state index contributed by atoms with van der Waals surface area (Å²) in [5.74, 6) is -2.15. The largest absolute Gasteiger partial charge is 0.489 e. The van der Waals surface area contributed by atoms with Crippen molar-refractivity contribution in [3.63, 3.8) is 0 Å². The summed E-state index contributed by atoms with van der Waals surface area (Å²) in [5.41, 5.74) is 0.363. The number of amides is 1. The normalized spacial score (nSPS) is 11.6. The Morgan fingerprint density at radius 3 is 2.53 bits per heavy atom. The van der Waals surface area contributed by atoms with Gasteiger partial charge in [-0.3, -0.25) is 4.79 Å². The van der Waals surface area contributed by atoms with Gasteiger partial charge < -0.3 is 4.74 Å². The van der Waals surface area contributed by atoms with Crippen LogP contribution in [0.5, 0.6) is 5.75 Å². The molecule has 0 saturated carbocycles. The van der Waals surface area contributed by atoms with E-state index in [0.717, 1.165) is 18.4 Å². The second kappa shape index (κ2) is 9.21. The van der Waals surface area contributed by atoms with E-state index in [1.54, 1.807) is 41.1 Å². The Bertz CT molecular complexity index is 1540. The van der Waals surface area contributed by atoms with Gasteiger partial charge in [0.2, 0.25) is 10.0 Å². The molecule has 7 nitrogen and oxygen atoms in total. The van der Waals surface area contributed by atoms with Gasteiger partial charge in [-0.1, -0.05) is 41.4 Å². The zero-order valence-corrected chi connectivity index (χ0v) is 19.7. The number of fused-ring (bicyclic) bond motifs is 1. The number of hydrogen-bond donors (Lipinski definition) is 1. The van der Waals surface area contributed by atoms with Gasteiger partial charge in [-0.25, -0.2) is 26.6 Å². The first-order valence-corrected chi connectivity index (χ1v) is 12.2. The number of ether oxygens (including phenoxy) is 1. The maximum Gasteiger partial charge on any atom is 0.267 e. The highest BCUT2D eigenvalue weighted by Gasteiger charge is 2.21. The number of nitrogens with one attached hydrogen (secondary N) is 1. The van der Waals surface area contributed by atoms with Crippen LogP contribution in [-0.4, -0.2) is 30.4 Å². The van der Waals surface area contributed by atoms with Crippen molar-refractivity contribution >= 4 is 50.0 Å². The molecule has 0 atom stereocenters. The Morgan fingerprint density at radius 1 is 1.09 bits per heavy atom. The molecule has 1 aromatic heterocycles. The van der Waals surface area contributed by atoms with Crippen LogP contribution in [0.25, 0.3) is 16.6 Å². The highest BCUT2D eigenvalue weighted by molar-refractivity contribution is 7.89. The number of aromatic nitrogens is 2. The van der Waals surface area contributed by atoms with Crippen LogP contribution in [0.4, 0.5) is 8.78 Å². The fraction of sp³-hybridized carbons (Fsp3) is 0.0909. The van der Waals surface area contributed by atoms with E-state index in [9.17, 15) is 22.0 Å². The average Bonchev–Trinajstić information content (AvgIpc) is 3.09. The van der Waals surface area contributed by atoms with E-state index in [4.69, 9.17) is 27.9 Å². The van der Waals surface area contributed by atoms with Crippen LogP contribution < -0.4 is 9.46 Å². The first-order valence-electron chi connectivity index (χ1n) is 9.59. The lowest BCUT2D eigenvalue weighted by molar-refractivity contribution is 0.0978. The summed E-state index contributed by atoms with van der Waals surface area (Å²) in [6.07, 6.45) is 0.769. The molecule has 4 rings (SSSR count). The van der Waals surface area contributed by atoms with Gasteiger partial charge in [0.25, 0.3) is 5.91 Å². The van der Waals surface area contributed by atoms with Gasteiger partial charge in [0, 0.05) is 17.0 Å². The van der Waals surface area contributed by atoms with Crippen molar-refractivity contribution in [3.05, 3.63) is 87.5 Å². The number of halogens is 4. The highest BCUT2D eigenvalue weighted by atomic mass is 35.5. The van der Waals surface area contributed by atoms with Crippen molar-refractivity contribution in [2.45, 2.75) is 6.61 Å². The third-order valence-corrected chi connectivity index (χ3v) is 5.88. The van der Waals surface area contributed by atoms with E-state index >= 15 is 0 Å². The Labute approximate surface area is 202 Å². The molecular weight excluding hydrogens is 511 g/mol. The molecule has 0 bridgehead atoms. The Hall–Kier alpha value is -3.21. The molecule has 3 aromatic carbocycles. The molecule has 176 valence electrons. The molecule has 0 saturated heterocycles. The maximum atomic E-state index is 14.7. The summed E-state index contributed by atoms with van der Waals surface area (Å²) in [5, 5.41) is 4.65. The second-order valence-electron chi connectivity index (χ2n) is 7.25. The minimum absolute atomic E-state index is 0.00200. The predicted octanol–water partition coefficient (Wildman–Crippen LogP) is 4.88. The summed E-state index contributed by atoms with van der Waals surface area (Å²) in [6, 6.07) is 13.0. The third kappa shape index (κ3) is 4.98. The lowest BCUT2D eigenvalue weighted by Crippen LogP contribution is -2.30. The molecular formula is C22H15Cl2F2N3O4S. The number of hydrogen-bond acceptors (Lipinski definition) is 5. The minimum atomic E-state index is -3.89. The average molecular weight is 526 g/mol. The topological polar surface area (TPSA) is 90.3 Å². The molecule has 12 heteroatoms. The molecule has 1 heterocycles. The van der Waals surface area contributed by atoms with Crippen LogP contribution in [0, 0.1) is 11.6 Å². The minimum Gasteiger partial charge on any atom is -0.489 e. The van der Waals surface area contributed by atoms with Gasteiger partial charge in [0.1, 0.15) is 24.0 Å². The van der Waals surface area contributed by atoms with Crippen molar-refractivity contribution in [1.29, 1.82) is 0 Å². The van der Waals surface area contributed by atoms with Crippen LogP contribution >= 0.6 is 23.2 Å². The van der Waals surface area contributed by atoms with Crippen molar-refractivity contribution < 1.29 is 26.7 Å². The van der Waals surface area contributed by atoms with Crippen molar-refractivity contribution in [1.82, 2.24) is 14.5 Å². The first-order chi connectivity index (χ1) is 16.0. The van der Waals surface area contributed by atoms with Gasteiger partial charge in [-0.05, 0) is 30.3 Å². The number of sulfonamides is 1. The van der Waals surface area contributed by atoms with E-state index in [2.05, 4.69) is 5.10 Å². The molecule has 0 unspecified atom stereocenters. The Morgan fingerprint density at radius 2 is 1.82 bits per heavy atom. The van der Waals surface area contributed by atoms with Crippen LogP contribution in [0.1, 0.15) is 15.9 Å². The number of rotatable bonds is 6. The van der Waals surface area contributed by atoms with Gasteiger partial charge in [-0.2, -0.15) is 5.10 Å². The van der Waals surface area contributed by atoms with Gasteiger partial charge in [0.05, 0.1) is 28.0 Å². The molecule has 1 amide bonds. The third-order valence-electron chi connectivity index (χ3n) is 4.75. The summed E-state index contributed by atoms with van der Waals surface area (Å²) in [6.45, 7) is -0.00200. The molecule has 0 aliphatic heterocycles. The summed E-state index contributed by atoms with van der Waals surface area (Å²) in [4.78, 5) is 12.1. The zero-order chi connectivity index (χ0) is 24.6. The first kappa shape index (κ1) is 23.9. The number of carbonyl (C=O) groups excluding carboxylic acids is 1. The Kier molecular flexibility index (Phi) is 6.48. The lowest BCUT2D eigenvalue weighted by Gasteiger charge is -2.11. The highest BCUT2D eigenvalue weighted by Crippen LogP contribution is 2.32. The van der Waals surface area contributed by atoms with Gasteiger partial charge in [-0.15, -0.1) is 0 Å². The fourth-order valence-electron chi connectivity index (χ4n) is 3.21. The molecule has 4 aromatic rings. The molecule has 0 aliphatic rings. The lowest BCUT2D eigenvalue weighted by atomic mass is 10.1. The van der Waals surface area contributed by atoms with E-state index < -0.39 is 27.3 Å². The summed E-state index contributed by atoms with van der Waals surface area (Å²) in [7, 11) is -3.89. The van der Waals surface area contributed by atoms with E-state index in [1.165, 1.54) is 10.7 Å². The molecule has 0 aliphatic carbocycles. The zero-order valence-electron chi connectivity index (χ0n) is 17.4. The molecule has 0 radical (unpaired) electrons. The van der Waals surface area contributed by atoms with Crippen LogP contribution in [0.2, 0.25) is 10.2 Å².